The minimum Gasteiger partial charge on any atom is -0.375 e. The highest BCUT2D eigenvalue weighted by atomic mass is 19.4. The Hall–Kier alpha value is -0.290. The molecule has 1 aliphatic heterocycles. The van der Waals surface area contributed by atoms with Crippen molar-refractivity contribution in [2.24, 2.45) is 0 Å². The number of unbranched alkanes of at least 4 members (excludes halogenated alkanes) is 13. The second kappa shape index (κ2) is 18.1. The van der Waals surface area contributed by atoms with E-state index in [1.807, 2.05) is 0 Å². The van der Waals surface area contributed by atoms with Crippen molar-refractivity contribution in [1.82, 2.24) is 0 Å². The maximum atomic E-state index is 10.9. The van der Waals surface area contributed by atoms with Crippen LogP contribution >= 0.6 is 0 Å². The largest absolute Gasteiger partial charge is 0.411 e. The maximum absolute atomic E-state index is 10.9. The molecule has 1 heterocycles. The molecule has 2 nitrogen and oxygen atoms in total. The van der Waals surface area contributed by atoms with Gasteiger partial charge in [0, 0.05) is 7.11 Å². The Balaban J connectivity index is 0.000000758. The van der Waals surface area contributed by atoms with E-state index >= 15 is 0 Å². The van der Waals surface area contributed by atoms with Crippen molar-refractivity contribution in [3.63, 3.8) is 0 Å². The van der Waals surface area contributed by atoms with E-state index in [0.29, 0.717) is 6.10 Å². The minimum atomic E-state index is -4.17. The second-order valence-corrected chi connectivity index (χ2v) is 7.39. The van der Waals surface area contributed by atoms with Crippen LogP contribution in [-0.4, -0.2) is 32.6 Å². The number of ether oxygens (including phenoxy) is 2. The molecule has 1 saturated heterocycles. The van der Waals surface area contributed by atoms with Gasteiger partial charge in [-0.1, -0.05) is 96.8 Å². The van der Waals surface area contributed by atoms with Gasteiger partial charge in [0.05, 0.1) is 12.7 Å². The van der Waals surface area contributed by atoms with E-state index in [-0.39, 0.29) is 0 Å². The predicted octanol–water partition coefficient (Wildman–Crippen LogP) is 7.45. The molecule has 1 aliphatic rings. The smallest absolute Gasteiger partial charge is 0.375 e. The molecule has 158 valence electrons. The lowest BCUT2D eigenvalue weighted by Gasteiger charge is -2.03. The summed E-state index contributed by atoms with van der Waals surface area (Å²) in [5, 5.41) is 0. The Kier molecular flexibility index (Phi) is 17.9. The predicted molar refractivity (Wildman–Crippen MR) is 103 cm³/mol. The normalized spacial score (nSPS) is 16.3. The van der Waals surface area contributed by atoms with Gasteiger partial charge in [0.2, 0.25) is 0 Å². The van der Waals surface area contributed by atoms with Crippen molar-refractivity contribution in [1.29, 1.82) is 0 Å². The first-order valence-corrected chi connectivity index (χ1v) is 10.7. The summed E-state index contributed by atoms with van der Waals surface area (Å²) in [6, 6.07) is 0. The summed E-state index contributed by atoms with van der Waals surface area (Å²) in [4.78, 5) is 0. The van der Waals surface area contributed by atoms with E-state index in [2.05, 4.69) is 11.7 Å². The SMILES string of the molecule is CCCCCCCCCCCCCCCCC1CO1.COCC(F)(F)F. The molecule has 0 radical (unpaired) electrons. The molecule has 0 aromatic heterocycles. The maximum Gasteiger partial charge on any atom is 0.411 e. The van der Waals surface area contributed by atoms with Gasteiger partial charge < -0.3 is 9.47 Å². The fourth-order valence-corrected chi connectivity index (χ4v) is 2.96. The number of halogens is 3. The lowest BCUT2D eigenvalue weighted by molar-refractivity contribution is -0.167. The zero-order chi connectivity index (χ0) is 19.5. The summed E-state index contributed by atoms with van der Waals surface area (Å²) in [5.41, 5.74) is 0. The summed E-state index contributed by atoms with van der Waals surface area (Å²) in [7, 11) is 1.01. The van der Waals surface area contributed by atoms with Crippen LogP contribution in [0.4, 0.5) is 13.2 Å². The quantitative estimate of drug-likeness (QED) is 0.204. The molecular weight excluding hydrogens is 341 g/mol. The van der Waals surface area contributed by atoms with Crippen molar-refractivity contribution in [2.75, 3.05) is 20.3 Å². The summed E-state index contributed by atoms with van der Waals surface area (Å²) in [6.45, 7) is 2.17. The molecule has 0 N–H and O–H groups in total. The highest BCUT2D eigenvalue weighted by Crippen LogP contribution is 2.18. The van der Waals surface area contributed by atoms with Gasteiger partial charge in [-0.3, -0.25) is 0 Å². The van der Waals surface area contributed by atoms with Crippen molar-refractivity contribution in [3.8, 4) is 0 Å². The highest BCUT2D eigenvalue weighted by molar-refractivity contribution is 4.68. The number of hydrogen-bond acceptors (Lipinski definition) is 2. The van der Waals surface area contributed by atoms with E-state index in [9.17, 15) is 13.2 Å². The fourth-order valence-electron chi connectivity index (χ4n) is 2.96. The van der Waals surface area contributed by atoms with Gasteiger partial charge in [-0.05, 0) is 6.42 Å². The van der Waals surface area contributed by atoms with E-state index in [1.54, 1.807) is 0 Å². The molecule has 1 atom stereocenters. The monoisotopic (exact) mass is 382 g/mol. The molecular formula is C21H41F3O2. The summed E-state index contributed by atoms with van der Waals surface area (Å²) in [6.07, 6.45) is 18.1. The number of epoxide rings is 1. The average Bonchev–Trinajstić information content (AvgIpc) is 3.39. The lowest BCUT2D eigenvalue weighted by Crippen LogP contribution is -2.14. The van der Waals surface area contributed by atoms with Crippen molar-refractivity contribution >= 4 is 0 Å². The zero-order valence-corrected chi connectivity index (χ0v) is 17.0. The van der Waals surface area contributed by atoms with Gasteiger partial charge in [0.1, 0.15) is 6.61 Å². The summed E-state index contributed by atoms with van der Waals surface area (Å²) >= 11 is 0. The first kappa shape index (κ1) is 25.7. The van der Waals surface area contributed by atoms with E-state index in [1.165, 1.54) is 96.3 Å². The Bertz CT molecular complexity index is 279. The summed E-state index contributed by atoms with van der Waals surface area (Å²) in [5.74, 6) is 0. The molecule has 0 spiro atoms. The van der Waals surface area contributed by atoms with Crippen LogP contribution in [0, 0.1) is 0 Å². The topological polar surface area (TPSA) is 21.8 Å². The Morgan fingerprint density at radius 3 is 1.42 bits per heavy atom. The first-order valence-electron chi connectivity index (χ1n) is 10.7. The van der Waals surface area contributed by atoms with Gasteiger partial charge in [0.15, 0.2) is 0 Å². The van der Waals surface area contributed by atoms with Crippen LogP contribution in [0.1, 0.15) is 103 Å². The first-order chi connectivity index (χ1) is 12.5. The van der Waals surface area contributed by atoms with Crippen LogP contribution in [0.3, 0.4) is 0 Å². The lowest BCUT2D eigenvalue weighted by atomic mass is 10.0. The molecule has 0 saturated carbocycles. The van der Waals surface area contributed by atoms with Crippen LogP contribution in [-0.2, 0) is 9.47 Å². The number of alkyl halides is 3. The van der Waals surface area contributed by atoms with Crippen LogP contribution in [0.5, 0.6) is 0 Å². The molecule has 0 aromatic carbocycles. The van der Waals surface area contributed by atoms with Gasteiger partial charge >= 0.3 is 6.18 Å². The molecule has 5 heteroatoms. The third kappa shape index (κ3) is 23.7. The van der Waals surface area contributed by atoms with Crippen LogP contribution in [0.25, 0.3) is 0 Å². The van der Waals surface area contributed by atoms with Gasteiger partial charge in [-0.25, -0.2) is 0 Å². The molecule has 1 unspecified atom stereocenters. The summed E-state index contributed by atoms with van der Waals surface area (Å²) < 4.78 is 41.8. The Morgan fingerprint density at radius 1 is 0.769 bits per heavy atom. The zero-order valence-electron chi connectivity index (χ0n) is 17.0. The van der Waals surface area contributed by atoms with Crippen molar-refractivity contribution in [3.05, 3.63) is 0 Å². The van der Waals surface area contributed by atoms with Crippen LogP contribution in [0.15, 0.2) is 0 Å². The van der Waals surface area contributed by atoms with Crippen molar-refractivity contribution < 1.29 is 22.6 Å². The molecule has 0 bridgehead atoms. The van der Waals surface area contributed by atoms with E-state index in [0.717, 1.165) is 13.7 Å². The molecule has 1 fully saturated rings. The Morgan fingerprint density at radius 2 is 1.15 bits per heavy atom. The van der Waals surface area contributed by atoms with Crippen molar-refractivity contribution in [2.45, 2.75) is 116 Å². The van der Waals surface area contributed by atoms with Gasteiger partial charge in [-0.15, -0.1) is 0 Å². The van der Waals surface area contributed by atoms with Gasteiger partial charge in [0.25, 0.3) is 0 Å². The number of rotatable bonds is 16. The van der Waals surface area contributed by atoms with E-state index in [4.69, 9.17) is 4.74 Å². The second-order valence-electron chi connectivity index (χ2n) is 7.39. The third-order valence-corrected chi connectivity index (χ3v) is 4.59. The Labute approximate surface area is 159 Å². The third-order valence-electron chi connectivity index (χ3n) is 4.59. The van der Waals surface area contributed by atoms with E-state index < -0.39 is 12.8 Å². The molecule has 26 heavy (non-hydrogen) atoms. The molecule has 0 aliphatic carbocycles. The van der Waals surface area contributed by atoms with Gasteiger partial charge in [-0.2, -0.15) is 13.2 Å². The highest BCUT2D eigenvalue weighted by Gasteiger charge is 2.26. The number of methoxy groups -OCH3 is 1. The average molecular weight is 383 g/mol. The molecule has 0 amide bonds. The molecule has 1 rings (SSSR count). The fraction of sp³-hybridized carbons (Fsp3) is 1.00. The minimum absolute atomic E-state index is 0.650. The molecule has 0 aromatic rings. The standard InChI is InChI=1S/C18H36O.C3H5F3O/c1-2-3-4-5-6-7-8-9-10-11-12-13-14-15-16-18-17-19-18;1-7-2-3(4,5)6/h18H,2-17H2,1H3;2H2,1H3. The van der Waals surface area contributed by atoms with Crippen LogP contribution in [0.2, 0.25) is 0 Å². The van der Waals surface area contributed by atoms with Crippen LogP contribution < -0.4 is 0 Å². The number of hydrogen-bond donors (Lipinski definition) is 0.